The van der Waals surface area contributed by atoms with Crippen molar-refractivity contribution in [2.45, 2.75) is 53.1 Å². The topological polar surface area (TPSA) is 29.3 Å². The van der Waals surface area contributed by atoms with Gasteiger partial charge >= 0.3 is 0 Å². The highest BCUT2D eigenvalue weighted by molar-refractivity contribution is 5.14. The van der Waals surface area contributed by atoms with Crippen LogP contribution in [0.25, 0.3) is 0 Å². The van der Waals surface area contributed by atoms with Gasteiger partial charge in [0.15, 0.2) is 0 Å². The van der Waals surface area contributed by atoms with Crippen LogP contribution < -0.4 is 5.73 Å². The minimum atomic E-state index is 0.382. The predicted octanol–water partition coefficient (Wildman–Crippen LogP) is 3.66. The van der Waals surface area contributed by atoms with E-state index in [4.69, 9.17) is 5.73 Å². The minimum absolute atomic E-state index is 0.382. The first-order valence-electron chi connectivity index (χ1n) is 7.36. The first-order valence-corrected chi connectivity index (χ1v) is 7.36. The van der Waals surface area contributed by atoms with Gasteiger partial charge in [-0.1, -0.05) is 58.0 Å². The van der Waals surface area contributed by atoms with E-state index in [-0.39, 0.29) is 0 Å². The van der Waals surface area contributed by atoms with Crippen molar-refractivity contribution in [3.63, 3.8) is 0 Å². The van der Waals surface area contributed by atoms with Crippen molar-refractivity contribution in [2.75, 3.05) is 13.1 Å². The molecule has 2 nitrogen and oxygen atoms in total. The number of nitrogens with two attached hydrogens (primary N) is 1. The number of benzene rings is 1. The van der Waals surface area contributed by atoms with Crippen LogP contribution in [0.4, 0.5) is 0 Å². The Labute approximate surface area is 113 Å². The van der Waals surface area contributed by atoms with E-state index in [0.29, 0.717) is 6.04 Å². The maximum atomic E-state index is 5.94. The summed E-state index contributed by atoms with van der Waals surface area (Å²) in [6, 6.07) is 11.0. The molecule has 1 atom stereocenters. The maximum absolute atomic E-state index is 5.94. The van der Waals surface area contributed by atoms with E-state index in [2.05, 4.69) is 35.2 Å². The molecule has 2 heteroatoms. The Morgan fingerprint density at radius 2 is 1.72 bits per heavy atom. The Bertz CT molecular complexity index is 272. The second-order valence-electron chi connectivity index (χ2n) is 4.12. The zero-order chi connectivity index (χ0) is 13.8. The molecule has 2 rings (SSSR count). The summed E-state index contributed by atoms with van der Waals surface area (Å²) in [4.78, 5) is 2.45. The van der Waals surface area contributed by atoms with Crippen LogP contribution in [0.3, 0.4) is 0 Å². The summed E-state index contributed by atoms with van der Waals surface area (Å²) in [7, 11) is 0. The molecule has 1 aliphatic heterocycles. The molecule has 2 N–H and O–H groups in total. The summed E-state index contributed by atoms with van der Waals surface area (Å²) in [5.41, 5.74) is 7.33. The van der Waals surface area contributed by atoms with Crippen LogP contribution in [-0.2, 0) is 6.54 Å². The lowest BCUT2D eigenvalue weighted by Crippen LogP contribution is -2.42. The molecule has 0 spiro atoms. The molecule has 0 amide bonds. The molecule has 104 valence electrons. The fourth-order valence-corrected chi connectivity index (χ4v) is 2.08. The van der Waals surface area contributed by atoms with Gasteiger partial charge in [-0.25, -0.2) is 0 Å². The summed E-state index contributed by atoms with van der Waals surface area (Å²) in [6.45, 7) is 11.3. The third kappa shape index (κ3) is 6.77. The highest BCUT2D eigenvalue weighted by atomic mass is 15.1. The molecule has 1 saturated heterocycles. The van der Waals surface area contributed by atoms with Gasteiger partial charge in [-0.05, 0) is 24.9 Å². The molecule has 0 aromatic heterocycles. The van der Waals surface area contributed by atoms with Crippen molar-refractivity contribution >= 4 is 0 Å². The second kappa shape index (κ2) is 11.2. The summed E-state index contributed by atoms with van der Waals surface area (Å²) in [5.74, 6) is 0. The fourth-order valence-electron chi connectivity index (χ4n) is 2.08. The average molecular weight is 250 g/mol. The first-order chi connectivity index (χ1) is 8.84. The molecular formula is C16H30N2. The molecule has 1 aliphatic rings. The molecule has 0 bridgehead atoms. The lowest BCUT2D eigenvalue weighted by molar-refractivity contribution is 0.201. The van der Waals surface area contributed by atoms with Gasteiger partial charge in [0.2, 0.25) is 0 Å². The molecule has 1 heterocycles. The van der Waals surface area contributed by atoms with Crippen LogP contribution >= 0.6 is 0 Å². The van der Waals surface area contributed by atoms with Crippen molar-refractivity contribution in [1.82, 2.24) is 4.90 Å². The maximum Gasteiger partial charge on any atom is 0.0234 e. The van der Waals surface area contributed by atoms with Gasteiger partial charge in [0.05, 0.1) is 0 Å². The molecule has 18 heavy (non-hydrogen) atoms. The Morgan fingerprint density at radius 3 is 2.28 bits per heavy atom. The molecular weight excluding hydrogens is 220 g/mol. The SMILES string of the molecule is CC.CC.NC1CCCN(Cc2ccccc2)C1. The quantitative estimate of drug-likeness (QED) is 0.868. The number of hydrogen-bond acceptors (Lipinski definition) is 2. The van der Waals surface area contributed by atoms with Crippen molar-refractivity contribution in [1.29, 1.82) is 0 Å². The molecule has 0 saturated carbocycles. The number of nitrogens with zero attached hydrogens (tertiary/aromatic N) is 1. The second-order valence-corrected chi connectivity index (χ2v) is 4.12. The van der Waals surface area contributed by atoms with Gasteiger partial charge in [-0.2, -0.15) is 0 Å². The van der Waals surface area contributed by atoms with Crippen molar-refractivity contribution in [3.8, 4) is 0 Å². The van der Waals surface area contributed by atoms with Gasteiger partial charge in [0.1, 0.15) is 0 Å². The number of likely N-dealkylation sites (tertiary alicyclic amines) is 1. The Hall–Kier alpha value is -0.860. The summed E-state index contributed by atoms with van der Waals surface area (Å²) < 4.78 is 0. The van der Waals surface area contributed by atoms with E-state index in [1.54, 1.807) is 0 Å². The average Bonchev–Trinajstić information content (AvgIpc) is 2.44. The zero-order valence-corrected chi connectivity index (χ0v) is 12.5. The van der Waals surface area contributed by atoms with Crippen molar-refractivity contribution in [3.05, 3.63) is 35.9 Å². The van der Waals surface area contributed by atoms with Crippen LogP contribution in [0, 0.1) is 0 Å². The summed E-state index contributed by atoms with van der Waals surface area (Å²) in [5, 5.41) is 0. The van der Waals surface area contributed by atoms with Crippen LogP contribution in [0.1, 0.15) is 46.1 Å². The van der Waals surface area contributed by atoms with Crippen LogP contribution in [0.5, 0.6) is 0 Å². The van der Waals surface area contributed by atoms with Gasteiger partial charge in [-0.3, -0.25) is 4.90 Å². The van der Waals surface area contributed by atoms with Crippen LogP contribution in [0.2, 0.25) is 0 Å². The van der Waals surface area contributed by atoms with Crippen LogP contribution in [-0.4, -0.2) is 24.0 Å². The summed E-state index contributed by atoms with van der Waals surface area (Å²) in [6.07, 6.45) is 2.43. The number of rotatable bonds is 2. The van der Waals surface area contributed by atoms with E-state index < -0.39 is 0 Å². The van der Waals surface area contributed by atoms with E-state index in [1.807, 2.05) is 27.7 Å². The van der Waals surface area contributed by atoms with Gasteiger partial charge in [0.25, 0.3) is 0 Å². The fraction of sp³-hybridized carbons (Fsp3) is 0.625. The Morgan fingerprint density at radius 1 is 1.11 bits per heavy atom. The van der Waals surface area contributed by atoms with E-state index in [1.165, 1.54) is 24.9 Å². The lowest BCUT2D eigenvalue weighted by atomic mass is 10.1. The van der Waals surface area contributed by atoms with Gasteiger partial charge in [0, 0.05) is 19.1 Å². The van der Waals surface area contributed by atoms with Crippen molar-refractivity contribution < 1.29 is 0 Å². The first kappa shape index (κ1) is 17.1. The van der Waals surface area contributed by atoms with E-state index in [9.17, 15) is 0 Å². The molecule has 1 unspecified atom stereocenters. The van der Waals surface area contributed by atoms with Gasteiger partial charge in [-0.15, -0.1) is 0 Å². The van der Waals surface area contributed by atoms with Crippen molar-refractivity contribution in [2.24, 2.45) is 5.73 Å². The Kier molecular flexibility index (Phi) is 10.7. The molecule has 1 aromatic rings. The third-order valence-electron chi connectivity index (χ3n) is 2.79. The van der Waals surface area contributed by atoms with E-state index >= 15 is 0 Å². The molecule has 1 fully saturated rings. The normalized spacial score (nSPS) is 19.1. The minimum Gasteiger partial charge on any atom is -0.327 e. The highest BCUT2D eigenvalue weighted by Crippen LogP contribution is 2.11. The highest BCUT2D eigenvalue weighted by Gasteiger charge is 2.15. The summed E-state index contributed by atoms with van der Waals surface area (Å²) >= 11 is 0. The smallest absolute Gasteiger partial charge is 0.0234 e. The molecule has 0 aliphatic carbocycles. The number of piperidine rings is 1. The third-order valence-corrected chi connectivity index (χ3v) is 2.79. The van der Waals surface area contributed by atoms with Crippen LogP contribution in [0.15, 0.2) is 30.3 Å². The molecule has 1 aromatic carbocycles. The monoisotopic (exact) mass is 250 g/mol. The van der Waals surface area contributed by atoms with Gasteiger partial charge < -0.3 is 5.73 Å². The number of hydrogen-bond donors (Lipinski definition) is 1. The van der Waals surface area contributed by atoms with E-state index in [0.717, 1.165) is 13.1 Å². The standard InChI is InChI=1S/C12H18N2.2C2H6/c13-12-7-4-8-14(10-12)9-11-5-2-1-3-6-11;2*1-2/h1-3,5-6,12H,4,7-10,13H2;2*1-2H3. The molecule has 0 radical (unpaired) electrons. The largest absolute Gasteiger partial charge is 0.327 e. The Balaban J connectivity index is 0.000000659. The predicted molar refractivity (Wildman–Crippen MR) is 81.6 cm³/mol. The lowest BCUT2D eigenvalue weighted by Gasteiger charge is -2.30. The zero-order valence-electron chi connectivity index (χ0n) is 12.5.